The van der Waals surface area contributed by atoms with Crippen molar-refractivity contribution in [3.63, 3.8) is 0 Å². The molecule has 0 radical (unpaired) electrons. The average molecular weight is 286 g/mol. The molecule has 1 aromatic carbocycles. The standard InChI is InChI=1S/C16H22N4O/c1-12(17)16(21)20(2)10-6-9-14-11-15(19-18-14)13-7-4-3-5-8-13/h3-5,7-8,11-12H,6,9-10,17H2,1-2H3,(H,18,19). The predicted octanol–water partition coefficient (Wildman–Crippen LogP) is 1.81. The van der Waals surface area contributed by atoms with E-state index in [0.717, 1.165) is 29.8 Å². The van der Waals surface area contributed by atoms with Crippen LogP contribution in [-0.2, 0) is 11.2 Å². The van der Waals surface area contributed by atoms with Gasteiger partial charge in [-0.25, -0.2) is 0 Å². The molecule has 1 unspecified atom stereocenters. The van der Waals surface area contributed by atoms with Crippen LogP contribution in [0.1, 0.15) is 19.0 Å². The Morgan fingerprint density at radius 2 is 2.10 bits per heavy atom. The minimum absolute atomic E-state index is 0.0235. The predicted molar refractivity (Wildman–Crippen MR) is 83.6 cm³/mol. The molecule has 0 saturated carbocycles. The lowest BCUT2D eigenvalue weighted by molar-refractivity contribution is -0.130. The van der Waals surface area contributed by atoms with Gasteiger partial charge >= 0.3 is 0 Å². The summed E-state index contributed by atoms with van der Waals surface area (Å²) in [7, 11) is 1.79. The Kier molecular flexibility index (Phi) is 5.11. The highest BCUT2D eigenvalue weighted by Gasteiger charge is 2.12. The van der Waals surface area contributed by atoms with Crippen LogP contribution in [0.3, 0.4) is 0 Å². The van der Waals surface area contributed by atoms with Gasteiger partial charge in [-0.3, -0.25) is 9.89 Å². The SMILES string of the molecule is CC(N)C(=O)N(C)CCCc1cc(-c2ccccc2)n[nH]1. The molecule has 5 heteroatoms. The van der Waals surface area contributed by atoms with Gasteiger partial charge in [0.05, 0.1) is 11.7 Å². The second-order valence-corrected chi connectivity index (χ2v) is 5.30. The fourth-order valence-corrected chi connectivity index (χ4v) is 2.21. The molecule has 112 valence electrons. The van der Waals surface area contributed by atoms with Crippen LogP contribution in [-0.4, -0.2) is 40.6 Å². The lowest BCUT2D eigenvalue weighted by Crippen LogP contribution is -2.40. The van der Waals surface area contributed by atoms with Crippen molar-refractivity contribution in [3.8, 4) is 11.3 Å². The monoisotopic (exact) mass is 286 g/mol. The van der Waals surface area contributed by atoms with Gasteiger partial charge in [0.25, 0.3) is 0 Å². The Morgan fingerprint density at radius 3 is 2.76 bits per heavy atom. The van der Waals surface area contributed by atoms with Gasteiger partial charge in [0, 0.05) is 24.8 Å². The van der Waals surface area contributed by atoms with Crippen molar-refractivity contribution in [2.24, 2.45) is 5.73 Å². The average Bonchev–Trinajstić information content (AvgIpc) is 2.96. The molecule has 0 aliphatic heterocycles. The van der Waals surface area contributed by atoms with Gasteiger partial charge in [0.15, 0.2) is 0 Å². The molecular weight excluding hydrogens is 264 g/mol. The molecule has 1 aromatic heterocycles. The topological polar surface area (TPSA) is 75.0 Å². The largest absolute Gasteiger partial charge is 0.344 e. The number of aromatic amines is 1. The van der Waals surface area contributed by atoms with Crippen LogP contribution >= 0.6 is 0 Å². The smallest absolute Gasteiger partial charge is 0.238 e. The van der Waals surface area contributed by atoms with Crippen LogP contribution in [0.4, 0.5) is 0 Å². The van der Waals surface area contributed by atoms with Crippen molar-refractivity contribution in [2.75, 3.05) is 13.6 Å². The zero-order valence-electron chi connectivity index (χ0n) is 12.5. The summed E-state index contributed by atoms with van der Waals surface area (Å²) < 4.78 is 0. The number of carbonyl (C=O) groups is 1. The summed E-state index contributed by atoms with van der Waals surface area (Å²) in [4.78, 5) is 13.3. The number of aromatic nitrogens is 2. The fraction of sp³-hybridized carbons (Fsp3) is 0.375. The number of benzene rings is 1. The first kappa shape index (κ1) is 15.3. The first-order valence-corrected chi connectivity index (χ1v) is 7.18. The van der Waals surface area contributed by atoms with Crippen LogP contribution in [0.25, 0.3) is 11.3 Å². The summed E-state index contributed by atoms with van der Waals surface area (Å²) in [6, 6.07) is 11.7. The molecular formula is C16H22N4O. The van der Waals surface area contributed by atoms with Crippen LogP contribution in [0.5, 0.6) is 0 Å². The van der Waals surface area contributed by atoms with Crippen LogP contribution in [0, 0.1) is 0 Å². The highest BCUT2D eigenvalue weighted by Crippen LogP contribution is 2.17. The first-order chi connectivity index (χ1) is 10.1. The summed E-state index contributed by atoms with van der Waals surface area (Å²) in [6.07, 6.45) is 1.74. The highest BCUT2D eigenvalue weighted by atomic mass is 16.2. The second kappa shape index (κ2) is 7.04. The van der Waals surface area contributed by atoms with Crippen LogP contribution < -0.4 is 5.73 Å². The lowest BCUT2D eigenvalue weighted by Gasteiger charge is -2.18. The Hall–Kier alpha value is -2.14. The Bertz CT molecular complexity index is 577. The number of amides is 1. The summed E-state index contributed by atoms with van der Waals surface area (Å²) >= 11 is 0. The van der Waals surface area contributed by atoms with E-state index < -0.39 is 6.04 Å². The van der Waals surface area contributed by atoms with Gasteiger partial charge in [0.1, 0.15) is 0 Å². The molecule has 21 heavy (non-hydrogen) atoms. The molecule has 0 aliphatic rings. The minimum atomic E-state index is -0.438. The zero-order valence-corrected chi connectivity index (χ0v) is 12.5. The number of nitrogens with one attached hydrogen (secondary N) is 1. The number of carbonyl (C=O) groups excluding carboxylic acids is 1. The molecule has 2 aromatic rings. The van der Waals surface area contributed by atoms with Crippen molar-refractivity contribution in [2.45, 2.75) is 25.8 Å². The van der Waals surface area contributed by atoms with E-state index in [2.05, 4.69) is 16.3 Å². The summed E-state index contributed by atoms with van der Waals surface area (Å²) in [5.74, 6) is -0.0235. The van der Waals surface area contributed by atoms with E-state index in [1.165, 1.54) is 0 Å². The minimum Gasteiger partial charge on any atom is -0.344 e. The third-order valence-corrected chi connectivity index (χ3v) is 3.41. The quantitative estimate of drug-likeness (QED) is 0.850. The third-order valence-electron chi connectivity index (χ3n) is 3.41. The van der Waals surface area contributed by atoms with E-state index in [-0.39, 0.29) is 5.91 Å². The van der Waals surface area contributed by atoms with Gasteiger partial charge < -0.3 is 10.6 Å². The molecule has 1 atom stereocenters. The second-order valence-electron chi connectivity index (χ2n) is 5.30. The summed E-state index contributed by atoms with van der Waals surface area (Å²) in [5, 5.41) is 7.37. The van der Waals surface area contributed by atoms with Crippen molar-refractivity contribution < 1.29 is 4.79 Å². The maximum Gasteiger partial charge on any atom is 0.238 e. The molecule has 1 heterocycles. The Labute approximate surface area is 125 Å². The number of hydrogen-bond acceptors (Lipinski definition) is 3. The van der Waals surface area contributed by atoms with Crippen molar-refractivity contribution in [1.82, 2.24) is 15.1 Å². The molecule has 0 spiro atoms. The number of H-pyrrole nitrogens is 1. The van der Waals surface area contributed by atoms with Gasteiger partial charge in [-0.1, -0.05) is 30.3 Å². The van der Waals surface area contributed by atoms with E-state index in [0.29, 0.717) is 6.54 Å². The third kappa shape index (κ3) is 4.16. The highest BCUT2D eigenvalue weighted by molar-refractivity contribution is 5.80. The van der Waals surface area contributed by atoms with E-state index in [4.69, 9.17) is 5.73 Å². The van der Waals surface area contributed by atoms with E-state index in [9.17, 15) is 4.79 Å². The Morgan fingerprint density at radius 1 is 1.38 bits per heavy atom. The maximum absolute atomic E-state index is 11.7. The molecule has 0 fully saturated rings. The van der Waals surface area contributed by atoms with E-state index in [1.807, 2.05) is 30.3 Å². The maximum atomic E-state index is 11.7. The molecule has 0 aliphatic carbocycles. The van der Waals surface area contributed by atoms with Crippen molar-refractivity contribution >= 4 is 5.91 Å². The Balaban J connectivity index is 1.85. The molecule has 0 bridgehead atoms. The number of nitrogens with zero attached hydrogens (tertiary/aromatic N) is 2. The van der Waals surface area contributed by atoms with Crippen molar-refractivity contribution in [1.29, 1.82) is 0 Å². The molecule has 3 N–H and O–H groups in total. The number of nitrogens with two attached hydrogens (primary N) is 1. The normalized spacial score (nSPS) is 12.1. The number of hydrogen-bond donors (Lipinski definition) is 2. The van der Waals surface area contributed by atoms with Crippen molar-refractivity contribution in [3.05, 3.63) is 42.1 Å². The molecule has 2 rings (SSSR count). The van der Waals surface area contributed by atoms with E-state index in [1.54, 1.807) is 18.9 Å². The number of aryl methyl sites for hydroxylation is 1. The fourth-order valence-electron chi connectivity index (χ4n) is 2.21. The lowest BCUT2D eigenvalue weighted by atomic mass is 10.1. The number of rotatable bonds is 6. The first-order valence-electron chi connectivity index (χ1n) is 7.18. The van der Waals surface area contributed by atoms with Crippen LogP contribution in [0.2, 0.25) is 0 Å². The summed E-state index contributed by atoms with van der Waals surface area (Å²) in [5.41, 5.74) is 8.71. The van der Waals surface area contributed by atoms with E-state index >= 15 is 0 Å². The molecule has 0 saturated heterocycles. The van der Waals surface area contributed by atoms with Crippen LogP contribution in [0.15, 0.2) is 36.4 Å². The van der Waals surface area contributed by atoms with Gasteiger partial charge in [-0.2, -0.15) is 5.10 Å². The van der Waals surface area contributed by atoms with Gasteiger partial charge in [-0.05, 0) is 25.8 Å². The zero-order chi connectivity index (χ0) is 15.2. The number of likely N-dealkylation sites (N-methyl/N-ethyl adjacent to an activating group) is 1. The molecule has 1 amide bonds. The summed E-state index contributed by atoms with van der Waals surface area (Å²) in [6.45, 7) is 2.40. The molecule has 5 nitrogen and oxygen atoms in total. The van der Waals surface area contributed by atoms with Gasteiger partial charge in [0.2, 0.25) is 5.91 Å². The van der Waals surface area contributed by atoms with Gasteiger partial charge in [-0.15, -0.1) is 0 Å².